The number of nitrogens with zero attached hydrogens (tertiary/aromatic N) is 2. The molecule has 0 radical (unpaired) electrons. The minimum atomic E-state index is -0.0792. The van der Waals surface area contributed by atoms with Crippen molar-refractivity contribution in [2.75, 3.05) is 13.2 Å². The predicted molar refractivity (Wildman–Crippen MR) is 493 cm³/mol. The van der Waals surface area contributed by atoms with Gasteiger partial charge in [0.05, 0.1) is 24.4 Å². The number of hydrogen-bond acceptors (Lipinski definition) is 8. The molecule has 14 rings (SSSR count). The highest BCUT2D eigenvalue weighted by Crippen LogP contribution is 2.59. The molecule has 8 aromatic carbocycles. The molecule has 2 aliphatic rings. The second-order valence-corrected chi connectivity index (χ2v) is 36.4. The summed E-state index contributed by atoms with van der Waals surface area (Å²) < 4.78 is 12.3. The van der Waals surface area contributed by atoms with Crippen LogP contribution in [0.5, 0.6) is 11.5 Å². The molecule has 0 atom stereocenters. The fourth-order valence-electron chi connectivity index (χ4n) is 17.9. The van der Waals surface area contributed by atoms with Crippen molar-refractivity contribution < 1.29 is 9.47 Å². The Labute approximate surface area is 697 Å². The normalized spacial score (nSPS) is 13.1. The lowest BCUT2D eigenvalue weighted by Gasteiger charge is -2.33. The van der Waals surface area contributed by atoms with E-state index in [2.05, 4.69) is 248 Å². The van der Waals surface area contributed by atoms with Gasteiger partial charge in [-0.15, -0.1) is 45.3 Å². The molecule has 4 aromatic heterocycles. The van der Waals surface area contributed by atoms with Gasteiger partial charge in [-0.05, 0) is 260 Å². The highest BCUT2D eigenvalue weighted by atomic mass is 32.1. The molecule has 584 valence electrons. The third-order valence-electron chi connectivity index (χ3n) is 24.3. The minimum absolute atomic E-state index is 0.0792. The van der Waals surface area contributed by atoms with Gasteiger partial charge in [-0.1, -0.05) is 280 Å². The van der Waals surface area contributed by atoms with Gasteiger partial charge in [0.15, 0.2) is 0 Å². The Morgan fingerprint density at radius 3 is 0.728 bits per heavy atom. The largest absolute Gasteiger partial charge is 0.494 e. The molecule has 0 saturated heterocycles. The van der Waals surface area contributed by atoms with Crippen molar-refractivity contribution in [1.29, 1.82) is 10.5 Å². The van der Waals surface area contributed by atoms with Crippen LogP contribution in [-0.2, 0) is 10.8 Å². The number of allylic oxidation sites excluding steroid dienone is 2. The summed E-state index contributed by atoms with van der Waals surface area (Å²) in [6, 6.07) is 86.6. The van der Waals surface area contributed by atoms with Gasteiger partial charge in [0, 0.05) is 49.8 Å². The van der Waals surface area contributed by atoms with Gasteiger partial charge in [0.25, 0.3) is 0 Å². The summed E-state index contributed by atoms with van der Waals surface area (Å²) in [4.78, 5) is 9.99. The maximum atomic E-state index is 10.9. The van der Waals surface area contributed by atoms with Crippen molar-refractivity contribution in [3.05, 3.63) is 252 Å². The molecule has 0 amide bonds. The van der Waals surface area contributed by atoms with Gasteiger partial charge in [-0.25, -0.2) is 0 Å². The smallest absolute Gasteiger partial charge is 0.119 e. The van der Waals surface area contributed by atoms with Gasteiger partial charge < -0.3 is 9.47 Å². The summed E-state index contributed by atoms with van der Waals surface area (Å²) in [7, 11) is 0. The lowest BCUT2D eigenvalue weighted by Crippen LogP contribution is -2.25. The molecule has 0 N–H and O–H groups in total. The summed E-state index contributed by atoms with van der Waals surface area (Å²) >= 11 is 7.42. The SMILES string of the molecule is CCCCCCCCOc1ccc(-c2ccc(-c3ccc4c(c3)C(CCCCC)(CCCCC)c3cc(-c5ccc(-c6ccc(/C(C#N)=C(\C#N)c7ccc(-c8ccc(-c9ccc%10c(c9)C(CCCCC)(CCCCC)c9cc(-c%11ccc(-c%12ccc(OCCCCCCCC)cc%12)s%11)ccc9-%10)s8)cc7)cc6)s5)ccc3-4)s2)cc1. The van der Waals surface area contributed by atoms with Crippen LogP contribution in [-0.4, -0.2) is 13.2 Å². The summed E-state index contributed by atoms with van der Waals surface area (Å²) in [6.07, 6.45) is 34.1. The monoisotopic (exact) mass is 1570 g/mol. The summed E-state index contributed by atoms with van der Waals surface area (Å²) in [5.74, 6) is 1.91. The maximum Gasteiger partial charge on any atom is 0.119 e. The number of nitriles is 2. The van der Waals surface area contributed by atoms with Crippen molar-refractivity contribution in [3.8, 4) is 129 Å². The molecule has 0 saturated carbocycles. The predicted octanol–water partition coefficient (Wildman–Crippen LogP) is 33.6. The van der Waals surface area contributed by atoms with Gasteiger partial charge in [0.2, 0.25) is 0 Å². The van der Waals surface area contributed by atoms with E-state index in [1.807, 2.05) is 69.6 Å². The number of thiophene rings is 4. The Morgan fingerprint density at radius 1 is 0.254 bits per heavy atom. The van der Waals surface area contributed by atoms with Crippen molar-refractivity contribution in [1.82, 2.24) is 0 Å². The maximum absolute atomic E-state index is 10.9. The standard InChI is InChI=1S/C106H114N2O2S4/c1-7-13-19-21-23-29-67-109-85-47-39-79(40-48-85)99-57-61-103(113-99)83-45-53-89-87-51-43-81(69-93(87)105(95(89)71-83,63-25-15-9-3)64-26-16-10-4)101-59-55-97(111-101)77-35-31-75(32-36-77)91(73-107)92(74-108)76-33-37-78(38-34-76)98-56-60-102(112-98)82-44-52-88-90-54-46-84(72-96(90)106(94(88)70-82,65-27-17-11-5)66-28-18-12-6)104-62-58-100(114-104)80-41-49-86(50-42-80)110-68-30-24-22-20-14-8-2/h31-62,69-72H,7-30,63-68H2,1-6H3/b92-91+. The summed E-state index contributed by atoms with van der Waals surface area (Å²) in [5, 5.41) is 21.7. The molecule has 0 spiro atoms. The Kier molecular flexibility index (Phi) is 28.2. The number of hydrogen-bond donors (Lipinski definition) is 0. The summed E-state index contributed by atoms with van der Waals surface area (Å²) in [5.41, 5.74) is 23.3. The molecule has 4 nitrogen and oxygen atoms in total. The van der Waals surface area contributed by atoms with Crippen LogP contribution >= 0.6 is 45.3 Å². The van der Waals surface area contributed by atoms with E-state index in [4.69, 9.17) is 9.47 Å². The fraction of sp³-hybridized carbons (Fsp3) is 0.358. The Bertz CT molecular complexity index is 4930. The lowest BCUT2D eigenvalue weighted by molar-refractivity contribution is 0.304. The van der Waals surface area contributed by atoms with E-state index >= 15 is 0 Å². The van der Waals surface area contributed by atoms with Crippen LogP contribution in [0.25, 0.3) is 117 Å². The van der Waals surface area contributed by atoms with Crippen LogP contribution < -0.4 is 9.47 Å². The molecule has 4 heterocycles. The Balaban J connectivity index is 0.666. The van der Waals surface area contributed by atoms with Crippen LogP contribution in [0.15, 0.2) is 218 Å². The van der Waals surface area contributed by atoms with Crippen molar-refractivity contribution in [3.63, 3.8) is 0 Å². The molecule has 0 unspecified atom stereocenters. The zero-order valence-electron chi connectivity index (χ0n) is 68.3. The number of fused-ring (bicyclic) bond motifs is 6. The number of ether oxygens (including phenoxy) is 2. The second-order valence-electron chi connectivity index (χ2n) is 32.1. The highest BCUT2D eigenvalue weighted by molar-refractivity contribution is 7.20. The Hall–Kier alpha value is -9.12. The third kappa shape index (κ3) is 18.4. The van der Waals surface area contributed by atoms with Crippen LogP contribution in [0.2, 0.25) is 0 Å². The minimum Gasteiger partial charge on any atom is -0.494 e. The third-order valence-corrected chi connectivity index (χ3v) is 29.0. The van der Waals surface area contributed by atoms with E-state index in [1.165, 1.54) is 258 Å². The van der Waals surface area contributed by atoms with Crippen molar-refractivity contribution in [2.24, 2.45) is 0 Å². The average molecular weight is 1580 g/mol. The summed E-state index contributed by atoms with van der Waals surface area (Å²) in [6.45, 7) is 15.4. The first-order valence-corrected chi connectivity index (χ1v) is 46.6. The van der Waals surface area contributed by atoms with Gasteiger partial charge in [-0.3, -0.25) is 0 Å². The van der Waals surface area contributed by atoms with Crippen LogP contribution in [0.3, 0.4) is 0 Å². The molecular weight excluding hydrogens is 1460 g/mol. The van der Waals surface area contributed by atoms with Crippen LogP contribution in [0.1, 0.15) is 255 Å². The molecule has 2 aliphatic carbocycles. The zero-order valence-corrected chi connectivity index (χ0v) is 71.6. The van der Waals surface area contributed by atoms with Crippen LogP contribution in [0, 0.1) is 22.7 Å². The highest BCUT2D eigenvalue weighted by Gasteiger charge is 2.44. The number of rotatable bonds is 42. The van der Waals surface area contributed by atoms with E-state index < -0.39 is 0 Å². The van der Waals surface area contributed by atoms with Crippen molar-refractivity contribution >= 4 is 56.5 Å². The quantitative estimate of drug-likeness (QED) is 0.0217. The van der Waals surface area contributed by atoms with E-state index in [-0.39, 0.29) is 10.8 Å². The number of unbranched alkanes of at least 4 members (excludes halogenated alkanes) is 18. The van der Waals surface area contributed by atoms with E-state index in [0.29, 0.717) is 11.1 Å². The second kappa shape index (κ2) is 39.5. The lowest BCUT2D eigenvalue weighted by atomic mass is 9.70. The first kappa shape index (κ1) is 81.4. The van der Waals surface area contributed by atoms with E-state index in [1.54, 1.807) is 0 Å². The number of benzene rings is 8. The van der Waals surface area contributed by atoms with Crippen molar-refractivity contribution in [2.45, 2.75) is 232 Å². The zero-order chi connectivity index (χ0) is 78.6. The molecule has 0 aliphatic heterocycles. The van der Waals surface area contributed by atoms with Gasteiger partial charge >= 0.3 is 0 Å². The van der Waals surface area contributed by atoms with Gasteiger partial charge in [-0.2, -0.15) is 10.5 Å². The van der Waals surface area contributed by atoms with Gasteiger partial charge in [0.1, 0.15) is 23.6 Å². The molecule has 114 heavy (non-hydrogen) atoms. The molecule has 8 heteroatoms. The molecule has 0 fully saturated rings. The van der Waals surface area contributed by atoms with E-state index in [0.717, 1.165) is 85.5 Å². The topological polar surface area (TPSA) is 66.0 Å². The first-order valence-electron chi connectivity index (χ1n) is 43.4. The van der Waals surface area contributed by atoms with E-state index in [9.17, 15) is 10.5 Å². The molecule has 0 bridgehead atoms. The molecular formula is C106H114N2O2S4. The first-order chi connectivity index (χ1) is 56.1. The van der Waals surface area contributed by atoms with Crippen LogP contribution in [0.4, 0.5) is 0 Å². The average Bonchev–Trinajstić information content (AvgIpc) is 1.56. The Morgan fingerprint density at radius 2 is 0.474 bits per heavy atom. The molecule has 12 aromatic rings. The fourth-order valence-corrected chi connectivity index (χ4v) is 22.0.